The van der Waals surface area contributed by atoms with Crippen molar-refractivity contribution < 1.29 is 19.7 Å². The Kier molecular flexibility index (Phi) is 9.00. The van der Waals surface area contributed by atoms with Gasteiger partial charge in [-0.15, -0.1) is 0 Å². The first kappa shape index (κ1) is 23.8. The third kappa shape index (κ3) is 6.12. The second-order valence-electron chi connectivity index (χ2n) is 8.11. The van der Waals surface area contributed by atoms with Gasteiger partial charge in [0.15, 0.2) is 0 Å². The number of hydrogen-bond acceptors (Lipinski definition) is 4. The second kappa shape index (κ2) is 11.7. The van der Waals surface area contributed by atoms with Crippen LogP contribution in [0.15, 0.2) is 46.9 Å². The van der Waals surface area contributed by atoms with Gasteiger partial charge in [-0.3, -0.25) is 0 Å². The highest BCUT2D eigenvalue weighted by Crippen LogP contribution is 2.43. The van der Waals surface area contributed by atoms with Crippen LogP contribution in [-0.2, 0) is 0 Å². The zero-order valence-corrected chi connectivity index (χ0v) is 20.0. The van der Waals surface area contributed by atoms with Gasteiger partial charge < -0.3 is 19.7 Å². The van der Waals surface area contributed by atoms with Crippen LogP contribution in [0, 0.1) is 0 Å². The summed E-state index contributed by atoms with van der Waals surface area (Å²) in [6.45, 7) is 4.74. The van der Waals surface area contributed by atoms with E-state index in [1.54, 1.807) is 0 Å². The maximum Gasteiger partial charge on any atom is 0.135 e. The molecular weight excluding hydrogens is 456 g/mol. The van der Waals surface area contributed by atoms with Gasteiger partial charge >= 0.3 is 0 Å². The van der Waals surface area contributed by atoms with E-state index in [9.17, 15) is 10.2 Å². The number of ether oxygens (including phenoxy) is 2. The minimum Gasteiger partial charge on any atom is -0.490 e. The van der Waals surface area contributed by atoms with Crippen LogP contribution < -0.4 is 9.47 Å². The van der Waals surface area contributed by atoms with Gasteiger partial charge in [0.25, 0.3) is 0 Å². The van der Waals surface area contributed by atoms with E-state index in [2.05, 4.69) is 29.8 Å². The molecule has 2 N–H and O–H groups in total. The molecule has 0 fully saturated rings. The van der Waals surface area contributed by atoms with Crippen molar-refractivity contribution in [3.8, 4) is 11.5 Å². The molecule has 0 saturated heterocycles. The molecule has 3 aromatic carbocycles. The molecular formula is C26H33BrO4. The van der Waals surface area contributed by atoms with Crippen molar-refractivity contribution in [3.63, 3.8) is 0 Å². The van der Waals surface area contributed by atoms with Crippen LogP contribution in [0.2, 0.25) is 0 Å². The number of aliphatic hydroxyl groups excluding tert-OH is 2. The Bertz CT molecular complexity index is 988. The maximum atomic E-state index is 10.3. The van der Waals surface area contributed by atoms with Crippen molar-refractivity contribution in [3.05, 3.63) is 46.9 Å². The van der Waals surface area contributed by atoms with E-state index in [-0.39, 0.29) is 13.2 Å². The minimum atomic E-state index is -0.495. The molecule has 0 spiro atoms. The van der Waals surface area contributed by atoms with E-state index in [4.69, 9.17) is 9.47 Å². The molecule has 5 heteroatoms. The molecule has 0 heterocycles. The van der Waals surface area contributed by atoms with Gasteiger partial charge in [0.2, 0.25) is 0 Å². The lowest BCUT2D eigenvalue weighted by atomic mass is 10.0. The summed E-state index contributed by atoms with van der Waals surface area (Å²) in [5, 5.41) is 24.4. The molecule has 0 aliphatic rings. The monoisotopic (exact) mass is 488 g/mol. The Morgan fingerprint density at radius 3 is 1.74 bits per heavy atom. The first-order valence-corrected chi connectivity index (χ1v) is 12.1. The van der Waals surface area contributed by atoms with E-state index >= 15 is 0 Å². The molecule has 168 valence electrons. The third-order valence-corrected chi connectivity index (χ3v) is 6.00. The molecule has 0 radical (unpaired) electrons. The number of rotatable bonds is 12. The van der Waals surface area contributed by atoms with Crippen LogP contribution in [0.5, 0.6) is 11.5 Å². The Hall–Kier alpha value is -1.82. The summed E-state index contributed by atoms with van der Waals surface area (Å²) in [6.07, 6.45) is 4.52. The van der Waals surface area contributed by atoms with Crippen LogP contribution in [0.1, 0.15) is 52.4 Å². The largest absolute Gasteiger partial charge is 0.490 e. The Labute approximate surface area is 193 Å². The van der Waals surface area contributed by atoms with Gasteiger partial charge in [0.05, 0.1) is 12.2 Å². The molecule has 3 rings (SSSR count). The zero-order chi connectivity index (χ0) is 22.2. The van der Waals surface area contributed by atoms with E-state index in [1.807, 2.05) is 42.5 Å². The number of aliphatic hydroxyl groups is 2. The topological polar surface area (TPSA) is 58.9 Å². The standard InChI is InChI=1S/C26H33BrO4/c1-3-5-9-19(28)16-30-25-21-11-7-8-12-22(21)26(31-17-20(29)10-6-4-2)24-15-18(27)13-14-23(24)25/h7-8,11-15,19-20,28-29H,3-6,9-10,16-17H2,1-2H3. The number of fused-ring (bicyclic) bond motifs is 2. The first-order valence-electron chi connectivity index (χ1n) is 11.3. The van der Waals surface area contributed by atoms with Gasteiger partial charge in [-0.2, -0.15) is 0 Å². The summed E-state index contributed by atoms with van der Waals surface area (Å²) in [6, 6.07) is 14.0. The molecule has 2 unspecified atom stereocenters. The first-order chi connectivity index (χ1) is 15.0. The molecule has 3 aromatic rings. The highest BCUT2D eigenvalue weighted by molar-refractivity contribution is 9.10. The predicted molar refractivity (Wildman–Crippen MR) is 131 cm³/mol. The highest BCUT2D eigenvalue weighted by atomic mass is 79.9. The van der Waals surface area contributed by atoms with Gasteiger partial charge in [-0.1, -0.05) is 79.7 Å². The average molecular weight is 489 g/mol. The Morgan fingerprint density at radius 2 is 1.23 bits per heavy atom. The summed E-state index contributed by atoms with van der Waals surface area (Å²) in [5.74, 6) is 1.51. The van der Waals surface area contributed by atoms with Crippen molar-refractivity contribution in [2.75, 3.05) is 13.2 Å². The lowest BCUT2D eigenvalue weighted by Crippen LogP contribution is -2.18. The van der Waals surface area contributed by atoms with E-state index < -0.39 is 12.2 Å². The third-order valence-electron chi connectivity index (χ3n) is 5.51. The predicted octanol–water partition coefficient (Wildman–Crippen LogP) is 6.62. The van der Waals surface area contributed by atoms with Crippen molar-refractivity contribution in [1.29, 1.82) is 0 Å². The van der Waals surface area contributed by atoms with Crippen LogP contribution in [0.4, 0.5) is 0 Å². The number of unbranched alkanes of at least 4 members (excludes halogenated alkanes) is 2. The fraction of sp³-hybridized carbons (Fsp3) is 0.462. The Balaban J connectivity index is 2.01. The quantitative estimate of drug-likeness (QED) is 0.281. The fourth-order valence-corrected chi connectivity index (χ4v) is 4.15. The number of hydrogen-bond donors (Lipinski definition) is 2. The molecule has 31 heavy (non-hydrogen) atoms. The van der Waals surface area contributed by atoms with Crippen LogP contribution in [0.3, 0.4) is 0 Å². The van der Waals surface area contributed by atoms with Gasteiger partial charge in [-0.05, 0) is 31.0 Å². The van der Waals surface area contributed by atoms with Gasteiger partial charge in [-0.25, -0.2) is 0 Å². The van der Waals surface area contributed by atoms with E-state index in [1.165, 1.54) is 0 Å². The summed E-state index contributed by atoms with van der Waals surface area (Å²) in [4.78, 5) is 0. The lowest BCUT2D eigenvalue weighted by molar-refractivity contribution is 0.0983. The van der Waals surface area contributed by atoms with Crippen LogP contribution in [0.25, 0.3) is 21.5 Å². The SMILES string of the molecule is CCCCC(O)COc1c2ccccc2c(OCC(O)CCCC)c2cc(Br)ccc12. The van der Waals surface area contributed by atoms with Crippen LogP contribution in [-0.4, -0.2) is 35.6 Å². The average Bonchev–Trinajstić information content (AvgIpc) is 2.78. The number of benzene rings is 3. The molecule has 0 aliphatic heterocycles. The van der Waals surface area contributed by atoms with Crippen molar-refractivity contribution in [2.24, 2.45) is 0 Å². The second-order valence-corrected chi connectivity index (χ2v) is 9.02. The van der Waals surface area contributed by atoms with Crippen molar-refractivity contribution >= 4 is 37.5 Å². The summed E-state index contributed by atoms with van der Waals surface area (Å²) >= 11 is 3.57. The summed E-state index contributed by atoms with van der Waals surface area (Å²) in [7, 11) is 0. The number of halogens is 1. The van der Waals surface area contributed by atoms with Gasteiger partial charge in [0.1, 0.15) is 24.7 Å². The highest BCUT2D eigenvalue weighted by Gasteiger charge is 2.18. The molecule has 0 saturated carbocycles. The minimum absolute atomic E-state index is 0.252. The Morgan fingerprint density at radius 1 is 0.742 bits per heavy atom. The van der Waals surface area contributed by atoms with E-state index in [0.29, 0.717) is 0 Å². The molecule has 0 aromatic heterocycles. The van der Waals surface area contributed by atoms with Crippen molar-refractivity contribution in [2.45, 2.75) is 64.6 Å². The van der Waals surface area contributed by atoms with Crippen LogP contribution >= 0.6 is 15.9 Å². The normalized spacial score (nSPS) is 13.5. The summed E-state index contributed by atoms with van der Waals surface area (Å²) < 4.78 is 13.3. The molecule has 2 atom stereocenters. The maximum absolute atomic E-state index is 10.3. The zero-order valence-electron chi connectivity index (χ0n) is 18.4. The molecule has 0 aliphatic carbocycles. The molecule has 0 bridgehead atoms. The summed E-state index contributed by atoms with van der Waals surface area (Å²) in [5.41, 5.74) is 0. The van der Waals surface area contributed by atoms with Gasteiger partial charge in [0, 0.05) is 26.0 Å². The smallest absolute Gasteiger partial charge is 0.135 e. The van der Waals surface area contributed by atoms with Crippen molar-refractivity contribution in [1.82, 2.24) is 0 Å². The lowest BCUT2D eigenvalue weighted by Gasteiger charge is -2.20. The molecule has 0 amide bonds. The van der Waals surface area contributed by atoms with E-state index in [0.717, 1.165) is 76.0 Å². The molecule has 4 nitrogen and oxygen atoms in total. The fourth-order valence-electron chi connectivity index (χ4n) is 3.79.